The number of pyridine rings is 1. The van der Waals surface area contributed by atoms with Gasteiger partial charge in [0, 0.05) is 30.9 Å². The van der Waals surface area contributed by atoms with E-state index < -0.39 is 0 Å². The average Bonchev–Trinajstić information content (AvgIpc) is 3.25. The first-order chi connectivity index (χ1) is 9.34. The molecule has 1 aromatic heterocycles. The third kappa shape index (κ3) is 1.86. The minimum Gasteiger partial charge on any atom is -0.334 e. The van der Waals surface area contributed by atoms with Crippen molar-refractivity contribution in [2.24, 2.45) is 5.92 Å². The van der Waals surface area contributed by atoms with Gasteiger partial charge in [-0.2, -0.15) is 0 Å². The number of nitrogens with one attached hydrogen (secondary N) is 1. The lowest BCUT2D eigenvalue weighted by atomic mass is 9.99. The zero-order valence-corrected chi connectivity index (χ0v) is 11.1. The summed E-state index contributed by atoms with van der Waals surface area (Å²) in [4.78, 5) is 19.2. The third-order valence-corrected chi connectivity index (χ3v) is 4.75. The minimum absolute atomic E-state index is 0.160. The predicted octanol–water partition coefficient (Wildman–Crippen LogP) is 1.35. The normalized spacial score (nSPS) is 28.5. The molecule has 19 heavy (non-hydrogen) atoms. The van der Waals surface area contributed by atoms with Gasteiger partial charge >= 0.3 is 0 Å². The molecule has 1 aliphatic carbocycles. The molecule has 4 heteroatoms. The first-order valence-corrected chi connectivity index (χ1v) is 7.33. The van der Waals surface area contributed by atoms with Crippen LogP contribution in [-0.4, -0.2) is 34.9 Å². The summed E-state index contributed by atoms with van der Waals surface area (Å²) in [6.45, 7) is 2.70. The molecule has 3 aliphatic rings. The standard InChI is InChI=1S/C15H19N3O/c19-15(18-7-1-2-11-8-13(11)18)14-12-9-16-5-3-10(12)4-6-17-14/h4,6,11,13,16H,1-3,5,7-9H2. The summed E-state index contributed by atoms with van der Waals surface area (Å²) in [5, 5.41) is 3.35. The van der Waals surface area contributed by atoms with Crippen molar-refractivity contribution < 1.29 is 4.79 Å². The Morgan fingerprint density at radius 2 is 2.42 bits per heavy atom. The summed E-state index contributed by atoms with van der Waals surface area (Å²) >= 11 is 0. The lowest BCUT2D eigenvalue weighted by Gasteiger charge is -2.28. The maximum atomic E-state index is 12.7. The molecule has 2 unspecified atom stereocenters. The molecule has 0 spiro atoms. The summed E-state index contributed by atoms with van der Waals surface area (Å²) in [6.07, 6.45) is 6.46. The van der Waals surface area contributed by atoms with Gasteiger partial charge in [-0.15, -0.1) is 0 Å². The van der Waals surface area contributed by atoms with E-state index in [0.717, 1.165) is 44.0 Å². The average molecular weight is 257 g/mol. The molecule has 1 saturated carbocycles. The summed E-state index contributed by atoms with van der Waals surface area (Å²) in [5.41, 5.74) is 3.11. The summed E-state index contributed by atoms with van der Waals surface area (Å²) < 4.78 is 0. The molecule has 0 radical (unpaired) electrons. The Morgan fingerprint density at radius 3 is 3.37 bits per heavy atom. The quantitative estimate of drug-likeness (QED) is 0.826. The highest BCUT2D eigenvalue weighted by molar-refractivity contribution is 5.94. The van der Waals surface area contributed by atoms with E-state index in [9.17, 15) is 4.79 Å². The van der Waals surface area contributed by atoms with Crippen molar-refractivity contribution in [3.63, 3.8) is 0 Å². The lowest BCUT2D eigenvalue weighted by Crippen LogP contribution is -2.39. The van der Waals surface area contributed by atoms with Crippen LogP contribution in [0.15, 0.2) is 12.3 Å². The number of piperidine rings is 1. The van der Waals surface area contributed by atoms with Gasteiger partial charge in [0.25, 0.3) is 5.91 Å². The zero-order chi connectivity index (χ0) is 12.8. The Labute approximate surface area is 113 Å². The van der Waals surface area contributed by atoms with Crippen LogP contribution in [-0.2, 0) is 13.0 Å². The van der Waals surface area contributed by atoms with E-state index in [0.29, 0.717) is 11.7 Å². The molecule has 2 aliphatic heterocycles. The van der Waals surface area contributed by atoms with Crippen molar-refractivity contribution in [2.75, 3.05) is 13.1 Å². The number of hydrogen-bond donors (Lipinski definition) is 1. The predicted molar refractivity (Wildman–Crippen MR) is 71.8 cm³/mol. The highest BCUT2D eigenvalue weighted by Gasteiger charge is 2.46. The van der Waals surface area contributed by atoms with Gasteiger partial charge in [-0.25, -0.2) is 0 Å². The van der Waals surface area contributed by atoms with Gasteiger partial charge in [0.1, 0.15) is 5.69 Å². The van der Waals surface area contributed by atoms with E-state index in [1.54, 1.807) is 6.20 Å². The second-order valence-electron chi connectivity index (χ2n) is 5.93. The molecule has 4 rings (SSSR count). The van der Waals surface area contributed by atoms with Crippen LogP contribution in [0.4, 0.5) is 0 Å². The van der Waals surface area contributed by atoms with Gasteiger partial charge in [-0.1, -0.05) is 0 Å². The first-order valence-electron chi connectivity index (χ1n) is 7.33. The van der Waals surface area contributed by atoms with Crippen LogP contribution < -0.4 is 5.32 Å². The van der Waals surface area contributed by atoms with Crippen LogP contribution in [0.2, 0.25) is 0 Å². The van der Waals surface area contributed by atoms with Crippen molar-refractivity contribution in [1.82, 2.24) is 15.2 Å². The van der Waals surface area contributed by atoms with Gasteiger partial charge < -0.3 is 10.2 Å². The number of rotatable bonds is 1. The number of amides is 1. The van der Waals surface area contributed by atoms with Crippen LogP contribution in [0.5, 0.6) is 0 Å². The van der Waals surface area contributed by atoms with Crippen molar-refractivity contribution >= 4 is 5.91 Å². The Hall–Kier alpha value is -1.42. The van der Waals surface area contributed by atoms with Crippen molar-refractivity contribution in [3.8, 4) is 0 Å². The molecule has 0 bridgehead atoms. The van der Waals surface area contributed by atoms with E-state index in [-0.39, 0.29) is 5.91 Å². The zero-order valence-electron chi connectivity index (χ0n) is 11.1. The van der Waals surface area contributed by atoms with Crippen LogP contribution in [0, 0.1) is 5.92 Å². The lowest BCUT2D eigenvalue weighted by molar-refractivity contribution is 0.0698. The second kappa shape index (κ2) is 4.30. The SMILES string of the molecule is O=C(c1nccc2c1CNCC2)N1CCCC2CC21. The molecule has 1 N–H and O–H groups in total. The molecule has 2 atom stereocenters. The maximum absolute atomic E-state index is 12.7. The second-order valence-corrected chi connectivity index (χ2v) is 5.93. The largest absolute Gasteiger partial charge is 0.334 e. The first kappa shape index (κ1) is 11.4. The molecule has 3 heterocycles. The molecule has 100 valence electrons. The number of nitrogens with zero attached hydrogens (tertiary/aromatic N) is 2. The summed E-state index contributed by atoms with van der Waals surface area (Å²) in [5.74, 6) is 0.933. The Morgan fingerprint density at radius 1 is 1.47 bits per heavy atom. The van der Waals surface area contributed by atoms with Gasteiger partial charge in [-0.3, -0.25) is 9.78 Å². The van der Waals surface area contributed by atoms with Crippen LogP contribution in [0.25, 0.3) is 0 Å². The van der Waals surface area contributed by atoms with E-state index >= 15 is 0 Å². The fourth-order valence-electron chi connectivity index (χ4n) is 3.59. The highest BCUT2D eigenvalue weighted by atomic mass is 16.2. The van der Waals surface area contributed by atoms with Crippen LogP contribution in [0.1, 0.15) is 40.9 Å². The van der Waals surface area contributed by atoms with Crippen LogP contribution in [0.3, 0.4) is 0 Å². The highest BCUT2D eigenvalue weighted by Crippen LogP contribution is 2.43. The number of carbonyl (C=O) groups is 1. The molecule has 4 nitrogen and oxygen atoms in total. The van der Waals surface area contributed by atoms with Crippen molar-refractivity contribution in [1.29, 1.82) is 0 Å². The Bertz CT molecular complexity index is 528. The van der Waals surface area contributed by atoms with Gasteiger partial charge in [-0.05, 0) is 49.8 Å². The molecule has 1 saturated heterocycles. The summed E-state index contributed by atoms with van der Waals surface area (Å²) in [7, 11) is 0. The Kier molecular flexibility index (Phi) is 2.58. The molecular formula is C15H19N3O. The number of likely N-dealkylation sites (tertiary alicyclic amines) is 1. The molecule has 1 aromatic rings. The molecule has 0 aromatic carbocycles. The minimum atomic E-state index is 0.160. The smallest absolute Gasteiger partial charge is 0.273 e. The Balaban J connectivity index is 1.66. The van der Waals surface area contributed by atoms with E-state index in [4.69, 9.17) is 0 Å². The van der Waals surface area contributed by atoms with Crippen molar-refractivity contribution in [3.05, 3.63) is 29.1 Å². The van der Waals surface area contributed by atoms with Gasteiger partial charge in [0.15, 0.2) is 0 Å². The monoisotopic (exact) mass is 257 g/mol. The van der Waals surface area contributed by atoms with E-state index in [1.165, 1.54) is 18.4 Å². The van der Waals surface area contributed by atoms with E-state index in [2.05, 4.69) is 21.3 Å². The maximum Gasteiger partial charge on any atom is 0.273 e. The topological polar surface area (TPSA) is 45.2 Å². The fraction of sp³-hybridized carbons (Fsp3) is 0.600. The third-order valence-electron chi connectivity index (χ3n) is 4.75. The molecule has 2 fully saturated rings. The van der Waals surface area contributed by atoms with E-state index in [1.807, 2.05) is 0 Å². The molecule has 1 amide bonds. The number of aromatic nitrogens is 1. The summed E-state index contributed by atoms with van der Waals surface area (Å²) in [6, 6.07) is 2.57. The molecular weight excluding hydrogens is 238 g/mol. The number of hydrogen-bond acceptors (Lipinski definition) is 3. The fourth-order valence-corrected chi connectivity index (χ4v) is 3.59. The number of carbonyl (C=O) groups excluding carboxylic acids is 1. The van der Waals surface area contributed by atoms with Gasteiger partial charge in [0.2, 0.25) is 0 Å². The van der Waals surface area contributed by atoms with Gasteiger partial charge in [0.05, 0.1) is 0 Å². The van der Waals surface area contributed by atoms with Crippen LogP contribution >= 0.6 is 0 Å². The van der Waals surface area contributed by atoms with Crippen molar-refractivity contribution in [2.45, 2.75) is 38.3 Å². The number of fused-ring (bicyclic) bond motifs is 2.